The van der Waals surface area contributed by atoms with Gasteiger partial charge in [0, 0.05) is 6.20 Å². The van der Waals surface area contributed by atoms with Gasteiger partial charge < -0.3 is 16.4 Å². The molecular formula is C17H12ClF4N7O2S. The molecule has 3 aromatic rings. The van der Waals surface area contributed by atoms with Gasteiger partial charge in [0.05, 0.1) is 22.8 Å². The first-order valence-electron chi connectivity index (χ1n) is 8.54. The van der Waals surface area contributed by atoms with Gasteiger partial charge in [0.1, 0.15) is 22.0 Å². The van der Waals surface area contributed by atoms with E-state index in [0.717, 1.165) is 23.9 Å². The van der Waals surface area contributed by atoms with Crippen molar-refractivity contribution in [1.82, 2.24) is 25.3 Å². The molecule has 0 radical (unpaired) electrons. The minimum absolute atomic E-state index is 0.0314. The van der Waals surface area contributed by atoms with Crippen LogP contribution in [0.1, 0.15) is 43.7 Å². The molecule has 1 atom stereocenters. The van der Waals surface area contributed by atoms with Crippen LogP contribution in [-0.2, 0) is 6.18 Å². The van der Waals surface area contributed by atoms with Crippen molar-refractivity contribution in [2.45, 2.75) is 19.1 Å². The SMILES string of the molecule is C[C@@H](NC(=O)c1ncnc(N)c1F)c1ncc(C(=O)Nc2cc(C(F)(F)F)c(Cl)cn2)s1. The number of halogens is 5. The molecule has 0 aliphatic rings. The molecule has 3 heterocycles. The highest BCUT2D eigenvalue weighted by molar-refractivity contribution is 7.13. The third-order valence-electron chi connectivity index (χ3n) is 3.90. The number of nitrogen functional groups attached to an aromatic ring is 1. The van der Waals surface area contributed by atoms with Crippen LogP contribution in [0.3, 0.4) is 0 Å². The van der Waals surface area contributed by atoms with Gasteiger partial charge in [-0.25, -0.2) is 24.3 Å². The standard InChI is InChI=1S/C17H12ClF4N7O2S/c1-6(28-15(31)12-11(19)13(23)27-5-26-12)16-25-4-9(32-16)14(30)29-10-2-7(17(20,21)22)8(18)3-24-10/h2-6H,1H3,(H,28,31)(H2,23,26,27)(H,24,29,30)/t6-/m1/s1. The first-order chi connectivity index (χ1) is 15.0. The smallest absolute Gasteiger partial charge is 0.381 e. The number of thiazole rings is 1. The van der Waals surface area contributed by atoms with E-state index in [1.165, 1.54) is 13.1 Å². The van der Waals surface area contributed by atoms with Crippen molar-refractivity contribution < 1.29 is 27.2 Å². The molecule has 0 aromatic carbocycles. The van der Waals surface area contributed by atoms with Crippen LogP contribution in [0, 0.1) is 5.82 Å². The fourth-order valence-electron chi connectivity index (χ4n) is 2.36. The summed E-state index contributed by atoms with van der Waals surface area (Å²) in [6.45, 7) is 1.53. The fourth-order valence-corrected chi connectivity index (χ4v) is 3.39. The molecule has 15 heteroatoms. The molecule has 2 amide bonds. The number of hydrogen-bond acceptors (Lipinski definition) is 8. The van der Waals surface area contributed by atoms with Crippen molar-refractivity contribution in [2.24, 2.45) is 0 Å². The van der Waals surface area contributed by atoms with Crippen LogP contribution >= 0.6 is 22.9 Å². The third-order valence-corrected chi connectivity index (χ3v) is 5.38. The number of nitrogens with zero attached hydrogens (tertiary/aromatic N) is 4. The number of rotatable bonds is 5. The van der Waals surface area contributed by atoms with E-state index < -0.39 is 51.9 Å². The van der Waals surface area contributed by atoms with E-state index in [1.54, 1.807) is 0 Å². The second-order valence-electron chi connectivity index (χ2n) is 6.18. The number of pyridine rings is 1. The minimum Gasteiger partial charge on any atom is -0.381 e. The Kier molecular flexibility index (Phi) is 6.55. The number of nitrogens with one attached hydrogen (secondary N) is 2. The first-order valence-corrected chi connectivity index (χ1v) is 9.73. The Morgan fingerprint density at radius 3 is 2.56 bits per heavy atom. The van der Waals surface area contributed by atoms with Gasteiger partial charge >= 0.3 is 6.18 Å². The van der Waals surface area contributed by atoms with Crippen LogP contribution < -0.4 is 16.4 Å². The zero-order valence-corrected chi connectivity index (χ0v) is 17.4. The number of alkyl halides is 3. The van der Waals surface area contributed by atoms with E-state index in [9.17, 15) is 27.2 Å². The van der Waals surface area contributed by atoms with E-state index in [1.807, 2.05) is 0 Å². The average molecular weight is 490 g/mol. The minimum atomic E-state index is -4.72. The Bertz CT molecular complexity index is 1190. The summed E-state index contributed by atoms with van der Waals surface area (Å²) < 4.78 is 52.7. The molecule has 0 saturated carbocycles. The van der Waals surface area contributed by atoms with Crippen LogP contribution in [0.25, 0.3) is 0 Å². The number of carbonyl (C=O) groups is 2. The van der Waals surface area contributed by atoms with Crippen LogP contribution in [0.15, 0.2) is 24.8 Å². The summed E-state index contributed by atoms with van der Waals surface area (Å²) in [7, 11) is 0. The summed E-state index contributed by atoms with van der Waals surface area (Å²) in [4.78, 5) is 39.2. The molecule has 0 unspecified atom stereocenters. The molecule has 9 nitrogen and oxygen atoms in total. The highest BCUT2D eigenvalue weighted by Gasteiger charge is 2.34. The number of hydrogen-bond donors (Lipinski definition) is 3. The summed E-state index contributed by atoms with van der Waals surface area (Å²) in [5.41, 5.74) is 3.59. The molecule has 32 heavy (non-hydrogen) atoms. The predicted molar refractivity (Wildman–Crippen MR) is 107 cm³/mol. The highest BCUT2D eigenvalue weighted by atomic mass is 35.5. The molecule has 4 N–H and O–H groups in total. The number of amides is 2. The van der Waals surface area contributed by atoms with Crippen LogP contribution in [0.5, 0.6) is 0 Å². The molecule has 168 valence electrons. The van der Waals surface area contributed by atoms with Gasteiger partial charge in [-0.3, -0.25) is 9.59 Å². The van der Waals surface area contributed by atoms with Crippen molar-refractivity contribution in [1.29, 1.82) is 0 Å². The Morgan fingerprint density at radius 2 is 1.88 bits per heavy atom. The summed E-state index contributed by atoms with van der Waals surface area (Å²) in [5, 5.41) is 4.34. The first kappa shape index (κ1) is 23.3. The number of carbonyl (C=O) groups excluding carboxylic acids is 2. The normalized spacial score (nSPS) is 12.3. The maximum Gasteiger partial charge on any atom is 0.418 e. The van der Waals surface area contributed by atoms with Crippen molar-refractivity contribution in [3.05, 3.63) is 56.8 Å². The quantitative estimate of drug-likeness (QED) is 0.467. The molecule has 0 aliphatic heterocycles. The fraction of sp³-hybridized carbons (Fsp3) is 0.176. The molecule has 0 spiro atoms. The van der Waals surface area contributed by atoms with E-state index in [2.05, 4.69) is 30.6 Å². The second-order valence-corrected chi connectivity index (χ2v) is 7.65. The predicted octanol–water partition coefficient (Wildman–Crippen LogP) is 3.46. The zero-order valence-electron chi connectivity index (χ0n) is 15.9. The average Bonchev–Trinajstić information content (AvgIpc) is 3.21. The van der Waals surface area contributed by atoms with Crippen molar-refractivity contribution in [2.75, 3.05) is 11.1 Å². The van der Waals surface area contributed by atoms with Gasteiger partial charge in [-0.1, -0.05) is 11.6 Å². The van der Waals surface area contributed by atoms with Gasteiger partial charge in [-0.05, 0) is 13.0 Å². The summed E-state index contributed by atoms with van der Waals surface area (Å²) in [6.07, 6.45) is -1.85. The molecule has 0 saturated heterocycles. The Hall–Kier alpha value is -3.39. The lowest BCUT2D eigenvalue weighted by atomic mass is 10.2. The molecule has 3 rings (SSSR count). The van der Waals surface area contributed by atoms with Gasteiger partial charge in [-0.15, -0.1) is 11.3 Å². The topological polar surface area (TPSA) is 136 Å². The Balaban J connectivity index is 1.70. The van der Waals surface area contributed by atoms with Crippen LogP contribution in [-0.4, -0.2) is 31.8 Å². The van der Waals surface area contributed by atoms with Crippen molar-refractivity contribution in [3.63, 3.8) is 0 Å². The summed E-state index contributed by atoms with van der Waals surface area (Å²) in [6, 6.07) is -0.150. The molecule has 3 aromatic heterocycles. The highest BCUT2D eigenvalue weighted by Crippen LogP contribution is 2.35. The third kappa shape index (κ3) is 5.08. The molecule has 0 aliphatic carbocycles. The van der Waals surface area contributed by atoms with Crippen LogP contribution in [0.2, 0.25) is 5.02 Å². The summed E-state index contributed by atoms with van der Waals surface area (Å²) >= 11 is 6.36. The lowest BCUT2D eigenvalue weighted by Gasteiger charge is -2.11. The zero-order chi connectivity index (χ0) is 23.6. The van der Waals surface area contributed by atoms with Crippen molar-refractivity contribution >= 4 is 46.4 Å². The van der Waals surface area contributed by atoms with Gasteiger partial charge in [-0.2, -0.15) is 13.2 Å². The second kappa shape index (κ2) is 9.00. The van der Waals surface area contributed by atoms with E-state index in [-0.39, 0.29) is 15.7 Å². The van der Waals surface area contributed by atoms with Gasteiger partial charge in [0.2, 0.25) is 0 Å². The lowest BCUT2D eigenvalue weighted by molar-refractivity contribution is -0.137. The Morgan fingerprint density at radius 1 is 1.16 bits per heavy atom. The maximum absolute atomic E-state index is 13.9. The maximum atomic E-state index is 13.9. The molecule has 0 fully saturated rings. The summed E-state index contributed by atoms with van der Waals surface area (Å²) in [5.74, 6) is -3.58. The molecular weight excluding hydrogens is 478 g/mol. The van der Waals surface area contributed by atoms with Gasteiger partial charge in [0.15, 0.2) is 17.3 Å². The number of aromatic nitrogens is 4. The lowest BCUT2D eigenvalue weighted by Crippen LogP contribution is -2.28. The van der Waals surface area contributed by atoms with Gasteiger partial charge in [0.25, 0.3) is 11.8 Å². The number of nitrogens with two attached hydrogens (primary N) is 1. The van der Waals surface area contributed by atoms with E-state index in [0.29, 0.717) is 6.07 Å². The van der Waals surface area contributed by atoms with E-state index >= 15 is 0 Å². The van der Waals surface area contributed by atoms with Crippen molar-refractivity contribution in [3.8, 4) is 0 Å². The van der Waals surface area contributed by atoms with E-state index in [4.69, 9.17) is 17.3 Å². The van der Waals surface area contributed by atoms with Crippen LogP contribution in [0.4, 0.5) is 29.2 Å². The molecule has 0 bridgehead atoms. The number of anilines is 2. The largest absolute Gasteiger partial charge is 0.418 e. The monoisotopic (exact) mass is 489 g/mol. The Labute approximate surface area is 186 Å².